The summed E-state index contributed by atoms with van der Waals surface area (Å²) in [7, 11) is 0. The Morgan fingerprint density at radius 3 is 1.36 bits per heavy atom. The van der Waals surface area contributed by atoms with Gasteiger partial charge in [0.2, 0.25) is 0 Å². The van der Waals surface area contributed by atoms with E-state index < -0.39 is 0 Å². The van der Waals surface area contributed by atoms with Crippen LogP contribution in [0, 0.1) is 11.3 Å². The summed E-state index contributed by atoms with van der Waals surface area (Å²) in [6.45, 7) is 0. The van der Waals surface area contributed by atoms with E-state index in [1.165, 1.54) is 33.0 Å². The first-order valence-electron chi connectivity index (χ1n) is 22.2. The number of benzene rings is 10. The predicted molar refractivity (Wildman–Crippen MR) is 270 cm³/mol. The highest BCUT2D eigenvalue weighted by Gasteiger charge is 2.25. The maximum Gasteiger partial charge on any atom is 0.164 e. The third-order valence-corrected chi connectivity index (χ3v) is 12.8. The minimum atomic E-state index is 0.602. The van der Waals surface area contributed by atoms with Gasteiger partial charge in [-0.3, -0.25) is 0 Å². The maximum atomic E-state index is 10.5. The molecule has 0 aliphatic heterocycles. The fraction of sp³-hybridized carbons (Fsp3) is 0. The smallest absolute Gasteiger partial charge is 0.164 e. The second-order valence-corrected chi connectivity index (χ2v) is 16.6. The fourth-order valence-electron chi connectivity index (χ4n) is 9.62. The Bertz CT molecular complexity index is 3680. The molecule has 0 spiro atoms. The first kappa shape index (κ1) is 38.6. The molecule has 0 radical (unpaired) electrons. The lowest BCUT2D eigenvalue weighted by molar-refractivity contribution is 1.07. The Kier molecular flexibility index (Phi) is 9.51. The quantitative estimate of drug-likeness (QED) is 0.153. The Morgan fingerprint density at radius 1 is 0.273 bits per heavy atom. The molecule has 1 aromatic heterocycles. The van der Waals surface area contributed by atoms with Crippen LogP contribution in [-0.2, 0) is 0 Å². The lowest BCUT2D eigenvalue weighted by Gasteiger charge is -2.17. The molecular weight excluding hydrogens is 801 g/mol. The number of hydrogen-bond acceptors (Lipinski definition) is 4. The van der Waals surface area contributed by atoms with Gasteiger partial charge in [0.1, 0.15) is 0 Å². The van der Waals surface area contributed by atoms with Crippen molar-refractivity contribution in [1.29, 1.82) is 5.26 Å². The van der Waals surface area contributed by atoms with Crippen LogP contribution in [0.15, 0.2) is 231 Å². The van der Waals surface area contributed by atoms with Crippen molar-refractivity contribution < 1.29 is 0 Å². The molecule has 0 saturated heterocycles. The van der Waals surface area contributed by atoms with Gasteiger partial charge < -0.3 is 0 Å². The van der Waals surface area contributed by atoms with Gasteiger partial charge in [-0.2, -0.15) is 5.26 Å². The fourth-order valence-corrected chi connectivity index (χ4v) is 9.62. The molecule has 4 nitrogen and oxygen atoms in total. The molecule has 0 N–H and O–H groups in total. The summed E-state index contributed by atoms with van der Waals surface area (Å²) >= 11 is 0. The van der Waals surface area contributed by atoms with Crippen molar-refractivity contribution in [1.82, 2.24) is 15.0 Å². The van der Waals surface area contributed by atoms with Gasteiger partial charge in [-0.15, -0.1) is 0 Å². The standard InChI is InChI=1S/C62H38N4/c63-39-48-37-36-47(38-57(48)51-22-9-8-21-50(51)52-25-13-26-54-53-24-11-18-44-19-12-27-56(58(44)53)59(52)54)42-28-32-43(33-29-42)49-20-7-10-23-55(49)62-65-60(45-16-5-2-6-17-45)64-61(66-62)46-34-30-41(31-35-46)40-14-3-1-4-15-40/h1-38H. The molecule has 0 saturated carbocycles. The van der Waals surface area contributed by atoms with E-state index in [0.717, 1.165) is 72.3 Å². The van der Waals surface area contributed by atoms with Crippen LogP contribution in [0.1, 0.15) is 5.56 Å². The van der Waals surface area contributed by atoms with Crippen LogP contribution >= 0.6 is 0 Å². The normalized spacial score (nSPS) is 11.3. The average Bonchev–Trinajstić information content (AvgIpc) is 3.74. The number of hydrogen-bond donors (Lipinski definition) is 0. The second kappa shape index (κ2) is 16.3. The second-order valence-electron chi connectivity index (χ2n) is 16.6. The van der Waals surface area contributed by atoms with E-state index in [9.17, 15) is 5.26 Å². The van der Waals surface area contributed by atoms with Crippen molar-refractivity contribution in [2.75, 3.05) is 0 Å². The van der Waals surface area contributed by atoms with Crippen LogP contribution in [0.25, 0.3) is 123 Å². The monoisotopic (exact) mass is 838 g/mol. The molecule has 306 valence electrons. The summed E-state index contributed by atoms with van der Waals surface area (Å²) in [5, 5.41) is 13.1. The zero-order chi connectivity index (χ0) is 44.0. The molecule has 4 heteroatoms. The summed E-state index contributed by atoms with van der Waals surface area (Å²) < 4.78 is 0. The molecule has 0 bridgehead atoms. The van der Waals surface area contributed by atoms with E-state index in [1.54, 1.807) is 0 Å². The predicted octanol–water partition coefficient (Wildman–Crippen LogP) is 15.9. The minimum Gasteiger partial charge on any atom is -0.208 e. The molecule has 0 amide bonds. The van der Waals surface area contributed by atoms with Crippen molar-refractivity contribution in [2.45, 2.75) is 0 Å². The highest BCUT2D eigenvalue weighted by Crippen LogP contribution is 2.52. The van der Waals surface area contributed by atoms with E-state index in [0.29, 0.717) is 23.0 Å². The van der Waals surface area contributed by atoms with Gasteiger partial charge in [0.05, 0.1) is 11.6 Å². The molecule has 11 aromatic rings. The van der Waals surface area contributed by atoms with Gasteiger partial charge >= 0.3 is 0 Å². The van der Waals surface area contributed by atoms with Gasteiger partial charge in [0.25, 0.3) is 0 Å². The van der Waals surface area contributed by atoms with Crippen LogP contribution in [-0.4, -0.2) is 15.0 Å². The van der Waals surface area contributed by atoms with Gasteiger partial charge in [0, 0.05) is 22.3 Å². The van der Waals surface area contributed by atoms with E-state index in [4.69, 9.17) is 15.0 Å². The minimum absolute atomic E-state index is 0.602. The SMILES string of the molecule is N#Cc1ccc(-c2ccc(-c3ccccc3-c3nc(-c4ccccc4)nc(-c4ccc(-c5ccccc5)cc4)n3)cc2)cc1-c1ccccc1-c1cccc2c1-c1cccc3cccc-2c13. The van der Waals surface area contributed by atoms with Crippen LogP contribution in [0.2, 0.25) is 0 Å². The molecule has 1 aliphatic carbocycles. The van der Waals surface area contributed by atoms with Crippen LogP contribution in [0.5, 0.6) is 0 Å². The van der Waals surface area contributed by atoms with E-state index in [-0.39, 0.29) is 0 Å². The largest absolute Gasteiger partial charge is 0.208 e. The molecule has 10 aromatic carbocycles. The highest BCUT2D eigenvalue weighted by molar-refractivity contribution is 6.18. The summed E-state index contributed by atoms with van der Waals surface area (Å²) in [4.78, 5) is 15.2. The third kappa shape index (κ3) is 6.75. The van der Waals surface area contributed by atoms with Crippen LogP contribution in [0.3, 0.4) is 0 Å². The Morgan fingerprint density at radius 2 is 0.697 bits per heavy atom. The van der Waals surface area contributed by atoms with Gasteiger partial charge in [-0.1, -0.05) is 218 Å². The molecule has 0 atom stereocenters. The molecule has 12 rings (SSSR count). The summed E-state index contributed by atoms with van der Waals surface area (Å²) in [5.41, 5.74) is 19.0. The molecule has 0 fully saturated rings. The van der Waals surface area contributed by atoms with Crippen molar-refractivity contribution >= 4 is 10.8 Å². The van der Waals surface area contributed by atoms with Crippen molar-refractivity contribution in [3.8, 4) is 118 Å². The van der Waals surface area contributed by atoms with Gasteiger partial charge in [-0.05, 0) is 95.2 Å². The topological polar surface area (TPSA) is 62.5 Å². The first-order valence-corrected chi connectivity index (χ1v) is 22.2. The van der Waals surface area contributed by atoms with E-state index in [2.05, 4.69) is 188 Å². The Labute approximate surface area is 383 Å². The van der Waals surface area contributed by atoms with Gasteiger partial charge in [0.15, 0.2) is 17.5 Å². The number of fused-ring (bicyclic) bond motifs is 3. The zero-order valence-electron chi connectivity index (χ0n) is 35.7. The van der Waals surface area contributed by atoms with Crippen LogP contribution in [0.4, 0.5) is 0 Å². The van der Waals surface area contributed by atoms with Crippen molar-refractivity contribution in [3.63, 3.8) is 0 Å². The first-order chi connectivity index (χ1) is 32.7. The Hall–Kier alpha value is -9.04. The molecule has 66 heavy (non-hydrogen) atoms. The molecule has 0 unspecified atom stereocenters. The zero-order valence-corrected chi connectivity index (χ0v) is 35.7. The number of nitrogens with zero attached hydrogens (tertiary/aromatic N) is 4. The number of aromatic nitrogens is 3. The summed E-state index contributed by atoms with van der Waals surface area (Å²) in [5.74, 6) is 1.83. The van der Waals surface area contributed by atoms with E-state index in [1.807, 2.05) is 48.5 Å². The Balaban J connectivity index is 0.910. The van der Waals surface area contributed by atoms with Gasteiger partial charge in [-0.25, -0.2) is 15.0 Å². The van der Waals surface area contributed by atoms with Crippen LogP contribution < -0.4 is 0 Å². The highest BCUT2D eigenvalue weighted by atomic mass is 15.0. The number of rotatable bonds is 8. The molecule has 1 aliphatic rings. The number of nitriles is 1. The van der Waals surface area contributed by atoms with Crippen molar-refractivity contribution in [3.05, 3.63) is 236 Å². The lowest BCUT2D eigenvalue weighted by atomic mass is 9.86. The summed E-state index contributed by atoms with van der Waals surface area (Å²) in [6.07, 6.45) is 0. The average molecular weight is 839 g/mol. The molecule has 1 heterocycles. The maximum absolute atomic E-state index is 10.5. The third-order valence-electron chi connectivity index (χ3n) is 12.8. The molecular formula is C62H38N4. The summed E-state index contributed by atoms with van der Waals surface area (Å²) in [6, 6.07) is 82.7. The van der Waals surface area contributed by atoms with E-state index >= 15 is 0 Å². The van der Waals surface area contributed by atoms with Crippen molar-refractivity contribution in [2.24, 2.45) is 0 Å². The lowest BCUT2D eigenvalue weighted by Crippen LogP contribution is -2.01.